The smallest absolute Gasteiger partial charge is 0.140 e. The van der Waals surface area contributed by atoms with Crippen LogP contribution in [0.4, 0.5) is 0 Å². The third-order valence-corrected chi connectivity index (χ3v) is 2.98. The van der Waals surface area contributed by atoms with Crippen LogP contribution >= 0.6 is 11.6 Å². The van der Waals surface area contributed by atoms with Crippen molar-refractivity contribution in [2.45, 2.75) is 26.7 Å². The van der Waals surface area contributed by atoms with E-state index in [4.69, 9.17) is 16.0 Å². The normalized spacial score (nSPS) is 10.9. The van der Waals surface area contributed by atoms with E-state index in [0.717, 1.165) is 22.3 Å². The number of carbonyl (C=O) groups excluding carboxylic acids is 1. The first-order valence-electron chi connectivity index (χ1n) is 5.31. The van der Waals surface area contributed by atoms with Gasteiger partial charge >= 0.3 is 0 Å². The van der Waals surface area contributed by atoms with Gasteiger partial charge in [-0.25, -0.2) is 0 Å². The Morgan fingerprint density at radius 1 is 1.44 bits per heavy atom. The Morgan fingerprint density at radius 3 is 2.88 bits per heavy atom. The van der Waals surface area contributed by atoms with Gasteiger partial charge in [0.25, 0.3) is 0 Å². The summed E-state index contributed by atoms with van der Waals surface area (Å²) in [4.78, 5) is 11.4. The molecule has 2 nitrogen and oxygen atoms in total. The van der Waals surface area contributed by atoms with E-state index in [2.05, 4.69) is 0 Å². The molecule has 0 spiro atoms. The van der Waals surface area contributed by atoms with Crippen LogP contribution in [-0.4, -0.2) is 5.78 Å². The summed E-state index contributed by atoms with van der Waals surface area (Å²) < 4.78 is 5.65. The number of hydrogen-bond donors (Lipinski definition) is 0. The number of furan rings is 1. The molecule has 1 aromatic heterocycles. The summed E-state index contributed by atoms with van der Waals surface area (Å²) in [7, 11) is 0. The first kappa shape index (κ1) is 11.2. The van der Waals surface area contributed by atoms with E-state index in [9.17, 15) is 4.79 Å². The van der Waals surface area contributed by atoms with Gasteiger partial charge in [0, 0.05) is 16.8 Å². The molecule has 0 amide bonds. The number of fused-ring (bicyclic) bond motifs is 1. The average Bonchev–Trinajstić information content (AvgIpc) is 2.56. The van der Waals surface area contributed by atoms with E-state index in [1.54, 1.807) is 6.07 Å². The summed E-state index contributed by atoms with van der Waals surface area (Å²) in [6.45, 7) is 3.82. The van der Waals surface area contributed by atoms with Gasteiger partial charge in [0.15, 0.2) is 0 Å². The molecule has 0 aliphatic carbocycles. The van der Waals surface area contributed by atoms with Crippen molar-refractivity contribution in [1.29, 1.82) is 0 Å². The fraction of sp³-hybridized carbons (Fsp3) is 0.308. The van der Waals surface area contributed by atoms with Crippen LogP contribution in [0.5, 0.6) is 0 Å². The molecular weight excluding hydrogens is 224 g/mol. The number of ketones is 1. The summed E-state index contributed by atoms with van der Waals surface area (Å²) in [5.41, 5.74) is 1.81. The second kappa shape index (κ2) is 4.30. The van der Waals surface area contributed by atoms with E-state index in [-0.39, 0.29) is 5.78 Å². The lowest BCUT2D eigenvalue weighted by Crippen LogP contribution is -2.00. The van der Waals surface area contributed by atoms with Crippen LogP contribution in [-0.2, 0) is 11.2 Å². The van der Waals surface area contributed by atoms with Gasteiger partial charge < -0.3 is 4.42 Å². The highest BCUT2D eigenvalue weighted by Crippen LogP contribution is 2.28. The molecule has 84 valence electrons. The largest absolute Gasteiger partial charge is 0.460 e. The zero-order valence-corrected chi connectivity index (χ0v) is 10.1. The SMILES string of the molecule is CCC(=O)Cc1oc2ccc(Cl)cc2c1C. The number of aryl methyl sites for hydroxylation is 1. The van der Waals surface area contributed by atoms with Crippen molar-refractivity contribution in [3.05, 3.63) is 34.5 Å². The van der Waals surface area contributed by atoms with Crippen molar-refractivity contribution >= 4 is 28.4 Å². The zero-order chi connectivity index (χ0) is 11.7. The van der Waals surface area contributed by atoms with E-state index < -0.39 is 0 Å². The van der Waals surface area contributed by atoms with E-state index in [0.29, 0.717) is 17.9 Å². The molecule has 3 heteroatoms. The molecule has 1 heterocycles. The topological polar surface area (TPSA) is 30.2 Å². The van der Waals surface area contributed by atoms with Crippen LogP contribution in [0.25, 0.3) is 11.0 Å². The van der Waals surface area contributed by atoms with Crippen LogP contribution in [0.2, 0.25) is 5.02 Å². The third kappa shape index (κ3) is 1.98. The number of carbonyl (C=O) groups is 1. The third-order valence-electron chi connectivity index (χ3n) is 2.75. The molecule has 0 N–H and O–H groups in total. The first-order chi connectivity index (χ1) is 7.61. The minimum atomic E-state index is 0.188. The van der Waals surface area contributed by atoms with E-state index in [1.807, 2.05) is 26.0 Å². The summed E-state index contributed by atoms with van der Waals surface area (Å²) in [5, 5.41) is 1.68. The van der Waals surface area contributed by atoms with Gasteiger partial charge in [-0.3, -0.25) is 4.79 Å². The van der Waals surface area contributed by atoms with E-state index in [1.165, 1.54) is 0 Å². The molecule has 0 radical (unpaired) electrons. The number of halogens is 1. The lowest BCUT2D eigenvalue weighted by molar-refractivity contribution is -0.118. The molecule has 0 fully saturated rings. The maximum Gasteiger partial charge on any atom is 0.140 e. The number of benzene rings is 1. The lowest BCUT2D eigenvalue weighted by atomic mass is 10.1. The summed E-state index contributed by atoms with van der Waals surface area (Å²) in [5.74, 6) is 0.942. The van der Waals surface area contributed by atoms with Crippen LogP contribution in [0, 0.1) is 6.92 Å². The maximum atomic E-state index is 11.4. The minimum absolute atomic E-state index is 0.188. The van der Waals surface area contributed by atoms with Crippen LogP contribution in [0.1, 0.15) is 24.7 Å². The highest BCUT2D eigenvalue weighted by molar-refractivity contribution is 6.31. The van der Waals surface area contributed by atoms with Crippen LogP contribution in [0.15, 0.2) is 22.6 Å². The second-order valence-electron chi connectivity index (χ2n) is 3.86. The molecule has 2 rings (SSSR count). The van der Waals surface area contributed by atoms with Gasteiger partial charge in [-0.1, -0.05) is 18.5 Å². The molecule has 0 saturated heterocycles. The molecule has 0 atom stereocenters. The molecule has 0 unspecified atom stereocenters. The minimum Gasteiger partial charge on any atom is -0.460 e. The second-order valence-corrected chi connectivity index (χ2v) is 4.30. The molecule has 2 aromatic rings. The number of Topliss-reactive ketones (excluding diaryl/α,β-unsaturated/α-hetero) is 1. The summed E-state index contributed by atoms with van der Waals surface area (Å²) in [6.07, 6.45) is 0.909. The predicted molar refractivity (Wildman–Crippen MR) is 65.0 cm³/mol. The van der Waals surface area contributed by atoms with Gasteiger partial charge in [-0.05, 0) is 30.7 Å². The van der Waals surface area contributed by atoms with Crippen molar-refractivity contribution in [2.75, 3.05) is 0 Å². The average molecular weight is 237 g/mol. The fourth-order valence-electron chi connectivity index (χ4n) is 1.72. The molecule has 1 aromatic carbocycles. The van der Waals surface area contributed by atoms with Crippen molar-refractivity contribution in [1.82, 2.24) is 0 Å². The molecule has 0 aliphatic heterocycles. The Labute approximate surface area is 99.2 Å². The van der Waals surface area contributed by atoms with Gasteiger partial charge in [-0.15, -0.1) is 0 Å². The van der Waals surface area contributed by atoms with Crippen molar-refractivity contribution in [2.24, 2.45) is 0 Å². The molecule has 0 saturated carbocycles. The van der Waals surface area contributed by atoms with Crippen molar-refractivity contribution < 1.29 is 9.21 Å². The Kier molecular flexibility index (Phi) is 3.01. The van der Waals surface area contributed by atoms with Gasteiger partial charge in [0.2, 0.25) is 0 Å². The molecule has 16 heavy (non-hydrogen) atoms. The standard InChI is InChI=1S/C13H13ClO2/c1-3-10(15)7-13-8(2)11-6-9(14)4-5-12(11)16-13/h4-6H,3,7H2,1-2H3. The molecular formula is C13H13ClO2. The Morgan fingerprint density at radius 2 is 2.19 bits per heavy atom. The van der Waals surface area contributed by atoms with Crippen molar-refractivity contribution in [3.8, 4) is 0 Å². The van der Waals surface area contributed by atoms with Gasteiger partial charge in [-0.2, -0.15) is 0 Å². The van der Waals surface area contributed by atoms with Gasteiger partial charge in [0.05, 0.1) is 6.42 Å². The van der Waals surface area contributed by atoms with Crippen molar-refractivity contribution in [3.63, 3.8) is 0 Å². The number of hydrogen-bond acceptors (Lipinski definition) is 2. The molecule has 0 aliphatic rings. The Hall–Kier alpha value is -1.28. The lowest BCUT2D eigenvalue weighted by Gasteiger charge is -1.95. The monoisotopic (exact) mass is 236 g/mol. The summed E-state index contributed by atoms with van der Waals surface area (Å²) in [6, 6.07) is 5.50. The maximum absolute atomic E-state index is 11.4. The number of rotatable bonds is 3. The van der Waals surface area contributed by atoms with Crippen LogP contribution in [0.3, 0.4) is 0 Å². The Bertz CT molecular complexity index is 540. The van der Waals surface area contributed by atoms with Gasteiger partial charge in [0.1, 0.15) is 17.1 Å². The molecule has 0 bridgehead atoms. The van der Waals surface area contributed by atoms with Crippen LogP contribution < -0.4 is 0 Å². The quantitative estimate of drug-likeness (QED) is 0.809. The van der Waals surface area contributed by atoms with E-state index >= 15 is 0 Å². The highest BCUT2D eigenvalue weighted by Gasteiger charge is 2.13. The summed E-state index contributed by atoms with van der Waals surface area (Å²) >= 11 is 5.92. The highest BCUT2D eigenvalue weighted by atomic mass is 35.5. The zero-order valence-electron chi connectivity index (χ0n) is 9.34. The predicted octanol–water partition coefficient (Wildman–Crippen LogP) is 3.92. The Balaban J connectivity index is 2.48. The fourth-order valence-corrected chi connectivity index (χ4v) is 1.89. The first-order valence-corrected chi connectivity index (χ1v) is 5.69.